The predicted octanol–water partition coefficient (Wildman–Crippen LogP) is 5.94. The lowest BCUT2D eigenvalue weighted by Crippen LogP contribution is -2.34. The van der Waals surface area contributed by atoms with Crippen molar-refractivity contribution in [1.82, 2.24) is 0 Å². The topological polar surface area (TPSA) is 76.3 Å². The molecule has 7 heteroatoms. The van der Waals surface area contributed by atoms with Crippen LogP contribution in [-0.2, 0) is 12.8 Å². The van der Waals surface area contributed by atoms with Crippen LogP contribution in [0.25, 0.3) is 11.0 Å². The van der Waals surface area contributed by atoms with Gasteiger partial charge in [-0.1, -0.05) is 12.1 Å². The first-order chi connectivity index (χ1) is 18.5. The van der Waals surface area contributed by atoms with E-state index in [1.165, 1.54) is 16.8 Å². The molecule has 1 aromatic heterocycles. The van der Waals surface area contributed by atoms with Gasteiger partial charge in [-0.2, -0.15) is 0 Å². The highest BCUT2D eigenvalue weighted by Gasteiger charge is 2.27. The normalized spacial score (nSPS) is 14.8. The van der Waals surface area contributed by atoms with Crippen LogP contribution in [0.15, 0.2) is 64.0 Å². The van der Waals surface area contributed by atoms with Gasteiger partial charge in [0.25, 0.3) is 5.91 Å². The van der Waals surface area contributed by atoms with Gasteiger partial charge in [0, 0.05) is 41.5 Å². The first-order valence-electron chi connectivity index (χ1n) is 13.1. The first kappa shape index (κ1) is 24.1. The van der Waals surface area contributed by atoms with Crippen LogP contribution < -0.4 is 25.2 Å². The van der Waals surface area contributed by atoms with E-state index < -0.39 is 0 Å². The standard InChI is InChI=1S/C31H31N3O4/c1-19-7-4-9-22(15-19)33-31-25(30(35)32-23-11-12-26(36-2)27(18-23)37-3)17-21-16-20-8-5-13-34-14-6-10-24(28(20)34)29(21)38-31/h4,7,9,11-12,15-18H,5-6,8,10,13-14H2,1-3H3,(H,32,35). The number of carbonyl (C=O) groups is 1. The average Bonchev–Trinajstić information content (AvgIpc) is 2.93. The SMILES string of the molecule is COc1ccc(NC(=O)c2cc3cc4c5c(c3oc2=Nc2cccc(C)c2)CCCN5CCC4)cc1OC. The highest BCUT2D eigenvalue weighted by Crippen LogP contribution is 2.40. The molecule has 6 rings (SSSR count). The second-order valence-corrected chi connectivity index (χ2v) is 9.92. The third kappa shape index (κ3) is 4.38. The molecule has 0 aliphatic carbocycles. The third-order valence-corrected chi connectivity index (χ3v) is 7.35. The van der Waals surface area contributed by atoms with E-state index in [2.05, 4.69) is 16.3 Å². The van der Waals surface area contributed by atoms with Crippen LogP contribution in [0.1, 0.15) is 39.9 Å². The van der Waals surface area contributed by atoms with Gasteiger partial charge in [-0.05, 0) is 80.1 Å². The molecule has 0 saturated heterocycles. The first-order valence-corrected chi connectivity index (χ1v) is 13.1. The lowest BCUT2D eigenvalue weighted by Gasteiger charge is -2.37. The van der Waals surface area contributed by atoms with Crippen molar-refractivity contribution in [3.8, 4) is 11.5 Å². The molecule has 3 aromatic carbocycles. The van der Waals surface area contributed by atoms with Gasteiger partial charge in [-0.3, -0.25) is 4.79 Å². The fraction of sp³-hybridized carbons (Fsp3) is 0.290. The van der Waals surface area contributed by atoms with Gasteiger partial charge < -0.3 is 24.1 Å². The van der Waals surface area contributed by atoms with E-state index in [0.29, 0.717) is 28.3 Å². The Labute approximate surface area is 221 Å². The number of amides is 1. The van der Waals surface area contributed by atoms with Crippen molar-refractivity contribution in [2.75, 3.05) is 37.5 Å². The smallest absolute Gasteiger partial charge is 0.261 e. The van der Waals surface area contributed by atoms with Crippen LogP contribution in [0.4, 0.5) is 17.1 Å². The zero-order valence-corrected chi connectivity index (χ0v) is 22.0. The molecular formula is C31H31N3O4. The van der Waals surface area contributed by atoms with Crippen LogP contribution in [0.3, 0.4) is 0 Å². The number of methoxy groups -OCH3 is 2. The zero-order chi connectivity index (χ0) is 26.2. The molecule has 0 saturated carbocycles. The molecule has 38 heavy (non-hydrogen) atoms. The minimum Gasteiger partial charge on any atom is -0.493 e. The highest BCUT2D eigenvalue weighted by atomic mass is 16.5. The number of fused-ring (bicyclic) bond motifs is 2. The number of carbonyl (C=O) groups excluding carboxylic acids is 1. The van der Waals surface area contributed by atoms with E-state index in [4.69, 9.17) is 18.9 Å². The molecule has 2 aliphatic heterocycles. The number of benzene rings is 3. The Morgan fingerprint density at radius 2 is 1.79 bits per heavy atom. The van der Waals surface area contributed by atoms with Gasteiger partial charge in [0.15, 0.2) is 11.5 Å². The van der Waals surface area contributed by atoms with E-state index >= 15 is 0 Å². The fourth-order valence-corrected chi connectivity index (χ4v) is 5.63. The van der Waals surface area contributed by atoms with E-state index in [-0.39, 0.29) is 5.91 Å². The maximum absolute atomic E-state index is 13.7. The van der Waals surface area contributed by atoms with Crippen LogP contribution in [0.5, 0.6) is 11.5 Å². The monoisotopic (exact) mass is 509 g/mol. The molecule has 0 spiro atoms. The molecule has 1 N–H and O–H groups in total. The van der Waals surface area contributed by atoms with E-state index in [1.54, 1.807) is 32.4 Å². The Balaban J connectivity index is 1.51. The summed E-state index contributed by atoms with van der Waals surface area (Å²) in [5.41, 5.74) is 7.80. The Morgan fingerprint density at radius 1 is 0.974 bits per heavy atom. The molecule has 4 aromatic rings. The van der Waals surface area contributed by atoms with Gasteiger partial charge in [-0.15, -0.1) is 0 Å². The molecule has 2 aliphatic rings. The quantitative estimate of drug-likeness (QED) is 0.360. The van der Waals surface area contributed by atoms with Crippen LogP contribution in [0, 0.1) is 6.92 Å². The lowest BCUT2D eigenvalue weighted by atomic mass is 9.90. The van der Waals surface area contributed by atoms with Crippen LogP contribution >= 0.6 is 0 Å². The van der Waals surface area contributed by atoms with Gasteiger partial charge in [0.05, 0.1) is 19.9 Å². The number of anilines is 2. The van der Waals surface area contributed by atoms with Gasteiger partial charge in [0.2, 0.25) is 5.55 Å². The summed E-state index contributed by atoms with van der Waals surface area (Å²) in [7, 11) is 3.15. The van der Waals surface area contributed by atoms with Gasteiger partial charge in [0.1, 0.15) is 11.1 Å². The molecule has 0 unspecified atom stereocenters. The number of ether oxygens (including phenoxy) is 2. The molecule has 0 radical (unpaired) electrons. The number of hydrogen-bond acceptors (Lipinski definition) is 6. The molecule has 0 bridgehead atoms. The Bertz CT molecular complexity index is 1620. The fourth-order valence-electron chi connectivity index (χ4n) is 5.63. The molecule has 0 atom stereocenters. The highest BCUT2D eigenvalue weighted by molar-refractivity contribution is 6.06. The Kier molecular flexibility index (Phi) is 6.27. The Hall–Kier alpha value is -4.26. The van der Waals surface area contributed by atoms with Crippen LogP contribution in [0.2, 0.25) is 0 Å². The summed E-state index contributed by atoms with van der Waals surface area (Å²) in [6, 6.07) is 17.3. The minimum atomic E-state index is -0.303. The average molecular weight is 510 g/mol. The summed E-state index contributed by atoms with van der Waals surface area (Å²) < 4.78 is 17.3. The second-order valence-electron chi connectivity index (χ2n) is 9.92. The summed E-state index contributed by atoms with van der Waals surface area (Å²) in [4.78, 5) is 21.0. The van der Waals surface area contributed by atoms with E-state index in [9.17, 15) is 4.79 Å². The second kappa shape index (κ2) is 9.89. The van der Waals surface area contributed by atoms with Gasteiger partial charge in [-0.25, -0.2) is 4.99 Å². The minimum absolute atomic E-state index is 0.296. The summed E-state index contributed by atoms with van der Waals surface area (Å²) in [5, 5.41) is 3.93. The summed E-state index contributed by atoms with van der Waals surface area (Å²) in [6.07, 6.45) is 4.23. The molecular weight excluding hydrogens is 478 g/mol. The molecule has 7 nitrogen and oxygen atoms in total. The van der Waals surface area contributed by atoms with Crippen molar-refractivity contribution in [3.63, 3.8) is 0 Å². The number of nitrogens with one attached hydrogen (secondary N) is 1. The Morgan fingerprint density at radius 3 is 2.58 bits per heavy atom. The third-order valence-electron chi connectivity index (χ3n) is 7.35. The largest absolute Gasteiger partial charge is 0.493 e. The van der Waals surface area contributed by atoms with E-state index in [1.807, 2.05) is 37.3 Å². The lowest BCUT2D eigenvalue weighted by molar-refractivity contribution is 0.102. The number of nitrogens with zero attached hydrogens (tertiary/aromatic N) is 2. The van der Waals surface area contributed by atoms with Gasteiger partial charge >= 0.3 is 0 Å². The van der Waals surface area contributed by atoms with Crippen molar-refractivity contribution in [3.05, 3.63) is 82.4 Å². The maximum atomic E-state index is 13.7. The van der Waals surface area contributed by atoms with Crippen molar-refractivity contribution in [1.29, 1.82) is 0 Å². The number of aryl methyl sites for hydroxylation is 3. The summed E-state index contributed by atoms with van der Waals surface area (Å²) >= 11 is 0. The van der Waals surface area contributed by atoms with Crippen LogP contribution in [-0.4, -0.2) is 33.2 Å². The van der Waals surface area contributed by atoms with Crippen molar-refractivity contribution in [2.24, 2.45) is 4.99 Å². The molecule has 1 amide bonds. The summed E-state index contributed by atoms with van der Waals surface area (Å²) in [6.45, 7) is 4.18. The zero-order valence-electron chi connectivity index (χ0n) is 22.0. The number of rotatable bonds is 5. The predicted molar refractivity (Wildman–Crippen MR) is 149 cm³/mol. The summed E-state index contributed by atoms with van der Waals surface area (Å²) in [5.74, 6) is 0.824. The van der Waals surface area contributed by atoms with Crippen molar-refractivity contribution >= 4 is 33.9 Å². The van der Waals surface area contributed by atoms with Crippen molar-refractivity contribution < 1.29 is 18.7 Å². The molecule has 194 valence electrons. The maximum Gasteiger partial charge on any atom is 0.261 e. The molecule has 0 fully saturated rings. The van der Waals surface area contributed by atoms with Crippen molar-refractivity contribution in [2.45, 2.75) is 32.6 Å². The number of hydrogen-bond donors (Lipinski definition) is 1. The molecule has 3 heterocycles. The van der Waals surface area contributed by atoms with E-state index in [0.717, 1.165) is 61.0 Å².